The van der Waals surface area contributed by atoms with Crippen molar-refractivity contribution in [1.82, 2.24) is 9.80 Å². The molecule has 0 N–H and O–H groups in total. The molecule has 1 aliphatic rings. The first-order valence-corrected chi connectivity index (χ1v) is 22.4. The predicted octanol–water partition coefficient (Wildman–Crippen LogP) is 9.66. The average Bonchev–Trinajstić information content (AvgIpc) is 3.38. The molecule has 1 fully saturated rings. The van der Waals surface area contributed by atoms with Crippen LogP contribution in [0.5, 0.6) is 0 Å². The Bertz CT molecular complexity index is 2370. The molecule has 1 aliphatic heterocycles. The van der Waals surface area contributed by atoms with Crippen LogP contribution in [0.4, 0.5) is 0 Å². The second-order valence-corrected chi connectivity index (χ2v) is 16.3. The van der Waals surface area contributed by atoms with Gasteiger partial charge < -0.3 is 23.8 Å². The monoisotopic (exact) mass is 864 g/mol. The molecule has 330 valence electrons. The first kappa shape index (κ1) is 45.1. The third-order valence-electron chi connectivity index (χ3n) is 12.0. The van der Waals surface area contributed by atoms with E-state index in [9.17, 15) is 4.79 Å². The normalized spacial score (nSPS) is 14.6. The van der Waals surface area contributed by atoms with Gasteiger partial charge in [-0.3, -0.25) is 14.5 Å². The summed E-state index contributed by atoms with van der Waals surface area (Å²) in [5.74, 6) is -0.617. The van der Waals surface area contributed by atoms with E-state index in [0.717, 1.165) is 38.9 Å². The Labute approximate surface area is 383 Å². The fourth-order valence-corrected chi connectivity index (χ4v) is 8.75. The molecule has 1 heterocycles. The number of ether oxygens (including phenoxy) is 4. The molecular weight excluding hydrogens is 809 g/mol. The van der Waals surface area contributed by atoms with Crippen molar-refractivity contribution < 1.29 is 28.5 Å². The molecule has 7 aromatic rings. The molecule has 8 nitrogen and oxygen atoms in total. The zero-order valence-electron chi connectivity index (χ0n) is 36.6. The largest absolute Gasteiger partial charge is 0.369 e. The van der Waals surface area contributed by atoms with Gasteiger partial charge in [-0.25, -0.2) is 0 Å². The molecule has 0 saturated carbocycles. The van der Waals surface area contributed by atoms with Crippen molar-refractivity contribution in [2.24, 2.45) is 0 Å². The minimum atomic E-state index is -1.22. The Hall–Kier alpha value is -6.52. The van der Waals surface area contributed by atoms with Crippen LogP contribution in [-0.2, 0) is 60.5 Å². The second-order valence-electron chi connectivity index (χ2n) is 16.3. The van der Waals surface area contributed by atoms with Crippen LogP contribution in [0, 0.1) is 0 Å². The van der Waals surface area contributed by atoms with Gasteiger partial charge in [-0.1, -0.05) is 212 Å². The molecule has 0 aliphatic carbocycles. The number of carbonyl (C=O) groups excluding carboxylic acids is 2. The molecule has 0 bridgehead atoms. The zero-order valence-corrected chi connectivity index (χ0v) is 36.6. The Kier molecular flexibility index (Phi) is 15.9. The van der Waals surface area contributed by atoms with Gasteiger partial charge in [0.2, 0.25) is 0 Å². The molecule has 65 heavy (non-hydrogen) atoms. The summed E-state index contributed by atoms with van der Waals surface area (Å²) in [6.07, 6.45) is -3.58. The van der Waals surface area contributed by atoms with Crippen molar-refractivity contribution in [3.63, 3.8) is 0 Å². The maximum Gasteiger partial charge on any atom is 0.254 e. The predicted molar refractivity (Wildman–Crippen MR) is 254 cm³/mol. The molecule has 0 spiro atoms. The van der Waals surface area contributed by atoms with Crippen LogP contribution >= 0.6 is 0 Å². The maximum absolute atomic E-state index is 15.4. The van der Waals surface area contributed by atoms with Gasteiger partial charge in [0.25, 0.3) is 5.91 Å². The van der Waals surface area contributed by atoms with E-state index in [-0.39, 0.29) is 44.7 Å². The summed E-state index contributed by atoms with van der Waals surface area (Å²) < 4.78 is 26.2. The van der Waals surface area contributed by atoms with E-state index in [4.69, 9.17) is 18.9 Å². The number of rotatable bonds is 21. The van der Waals surface area contributed by atoms with E-state index >= 15 is 4.79 Å². The number of ketones is 1. The Morgan fingerprint density at radius 2 is 0.754 bits per heavy atom. The van der Waals surface area contributed by atoms with Gasteiger partial charge in [-0.2, -0.15) is 0 Å². The van der Waals surface area contributed by atoms with Gasteiger partial charge in [0.15, 0.2) is 11.9 Å². The third-order valence-corrected chi connectivity index (χ3v) is 12.0. The van der Waals surface area contributed by atoms with E-state index in [0.29, 0.717) is 26.2 Å². The molecule has 8 heteroatoms. The van der Waals surface area contributed by atoms with Gasteiger partial charge in [0, 0.05) is 26.2 Å². The standard InChI is InChI=1S/C57H56N2O6/c60-52(44-62-40-45-22-8-1-9-23-45)53(63-41-46-24-10-2-11-25-46)54(64-42-47-26-12-3-13-27-47)55(65-43-48-28-14-4-15-29-48)56(61)58-36-38-59(39-37-58)57(49-30-16-5-17-31-49,50-32-18-6-19-33-50)51-34-20-7-21-35-51/h1-35,53-55H,36-44H2/t53-,54+,55-/m1/s1. The van der Waals surface area contributed by atoms with Gasteiger partial charge in [0.1, 0.15) is 18.8 Å². The van der Waals surface area contributed by atoms with Crippen LogP contribution in [0.15, 0.2) is 212 Å². The molecule has 0 unspecified atom stereocenters. The van der Waals surface area contributed by atoms with Crippen LogP contribution in [0.2, 0.25) is 0 Å². The summed E-state index contributed by atoms with van der Waals surface area (Å²) in [6, 6.07) is 70.7. The maximum atomic E-state index is 15.4. The lowest BCUT2D eigenvalue weighted by Crippen LogP contribution is -2.61. The highest BCUT2D eigenvalue weighted by Gasteiger charge is 2.46. The van der Waals surface area contributed by atoms with Crippen LogP contribution in [0.25, 0.3) is 0 Å². The molecule has 7 aromatic carbocycles. The fraction of sp³-hybridized carbons (Fsp3) is 0.228. The highest BCUT2D eigenvalue weighted by atomic mass is 16.6. The van der Waals surface area contributed by atoms with Gasteiger partial charge in [0.05, 0.1) is 32.0 Å². The van der Waals surface area contributed by atoms with Crippen LogP contribution in [-0.4, -0.2) is 72.6 Å². The van der Waals surface area contributed by atoms with Crippen molar-refractivity contribution in [3.05, 3.63) is 251 Å². The highest BCUT2D eigenvalue weighted by Crippen LogP contribution is 2.43. The second kappa shape index (κ2) is 22.9. The number of Topliss-reactive ketones (excluding diaryl/α,β-unsaturated/α-hetero) is 1. The Morgan fingerprint density at radius 1 is 0.415 bits per heavy atom. The molecule has 0 radical (unpaired) electrons. The van der Waals surface area contributed by atoms with Crippen molar-refractivity contribution >= 4 is 11.7 Å². The minimum absolute atomic E-state index is 0.111. The lowest BCUT2D eigenvalue weighted by molar-refractivity contribution is -0.182. The molecular formula is C57H56N2O6. The lowest BCUT2D eigenvalue weighted by Gasteiger charge is -2.49. The van der Waals surface area contributed by atoms with Gasteiger partial charge >= 0.3 is 0 Å². The fourth-order valence-electron chi connectivity index (χ4n) is 8.75. The Balaban J connectivity index is 1.13. The van der Waals surface area contributed by atoms with Gasteiger partial charge in [-0.05, 0) is 38.9 Å². The summed E-state index contributed by atoms with van der Waals surface area (Å²) in [5, 5.41) is 0. The zero-order chi connectivity index (χ0) is 44.5. The number of hydrogen-bond donors (Lipinski definition) is 0. The SMILES string of the molecule is O=C(COCc1ccccc1)[C@@H](OCc1ccccc1)[C@H](OCc1ccccc1)[C@@H](OCc1ccccc1)C(=O)N1CCN(C(c2ccccc2)(c2ccccc2)c2ccccc2)CC1. The minimum Gasteiger partial charge on any atom is -0.369 e. The Morgan fingerprint density at radius 3 is 1.15 bits per heavy atom. The lowest BCUT2D eigenvalue weighted by atomic mass is 9.75. The van der Waals surface area contributed by atoms with E-state index in [1.54, 1.807) is 0 Å². The average molecular weight is 865 g/mol. The molecule has 0 aromatic heterocycles. The first-order chi connectivity index (χ1) is 32.1. The number of hydrogen-bond acceptors (Lipinski definition) is 7. The summed E-state index contributed by atoms with van der Waals surface area (Å²) in [4.78, 5) is 34.4. The molecule has 1 amide bonds. The van der Waals surface area contributed by atoms with Crippen LogP contribution in [0.3, 0.4) is 0 Å². The molecule has 1 saturated heterocycles. The van der Waals surface area contributed by atoms with Crippen molar-refractivity contribution in [2.45, 2.75) is 50.3 Å². The van der Waals surface area contributed by atoms with Crippen LogP contribution in [0.1, 0.15) is 38.9 Å². The van der Waals surface area contributed by atoms with Crippen molar-refractivity contribution in [2.75, 3.05) is 32.8 Å². The topological polar surface area (TPSA) is 77.5 Å². The summed E-state index contributed by atoms with van der Waals surface area (Å²) in [7, 11) is 0. The van der Waals surface area contributed by atoms with Crippen molar-refractivity contribution in [1.29, 1.82) is 0 Å². The number of benzene rings is 7. The van der Waals surface area contributed by atoms with E-state index in [1.165, 1.54) is 0 Å². The summed E-state index contributed by atoms with van der Waals surface area (Å²) >= 11 is 0. The molecule has 8 rings (SSSR count). The number of piperazine rings is 1. The van der Waals surface area contributed by atoms with Crippen LogP contribution < -0.4 is 0 Å². The highest BCUT2D eigenvalue weighted by molar-refractivity contribution is 5.88. The summed E-state index contributed by atoms with van der Waals surface area (Å²) in [6.45, 7) is 2.28. The number of amides is 1. The van der Waals surface area contributed by atoms with E-state index < -0.39 is 23.9 Å². The smallest absolute Gasteiger partial charge is 0.254 e. The summed E-state index contributed by atoms with van der Waals surface area (Å²) in [5.41, 5.74) is 6.37. The molecule has 3 atom stereocenters. The third kappa shape index (κ3) is 11.4. The number of nitrogens with zero attached hydrogens (tertiary/aromatic N) is 2. The van der Waals surface area contributed by atoms with Crippen molar-refractivity contribution in [3.8, 4) is 0 Å². The number of carbonyl (C=O) groups is 2. The van der Waals surface area contributed by atoms with E-state index in [2.05, 4.69) is 77.7 Å². The first-order valence-electron chi connectivity index (χ1n) is 22.4. The van der Waals surface area contributed by atoms with E-state index in [1.807, 2.05) is 144 Å². The van der Waals surface area contributed by atoms with Gasteiger partial charge in [-0.15, -0.1) is 0 Å². The quantitative estimate of drug-likeness (QED) is 0.0667.